The zero-order chi connectivity index (χ0) is 11.7. The molecule has 5 nitrogen and oxygen atoms in total. The quantitative estimate of drug-likeness (QED) is 0.819. The van der Waals surface area contributed by atoms with Gasteiger partial charge in [-0.25, -0.2) is 4.98 Å². The van der Waals surface area contributed by atoms with Crippen LogP contribution in [0.4, 0.5) is 5.82 Å². The standard InChI is InChI=1S/C11H15N5S/c1-17-7-5-13-9-11-15-14-10(8-2-3-8)16(11)6-4-12-9/h4,6,8H,2-3,5,7H2,1H3,(H,12,13). The number of anilines is 1. The molecule has 0 aliphatic heterocycles. The van der Waals surface area contributed by atoms with E-state index in [1.807, 2.05) is 24.2 Å². The molecule has 0 saturated heterocycles. The summed E-state index contributed by atoms with van der Waals surface area (Å²) in [7, 11) is 0. The summed E-state index contributed by atoms with van der Waals surface area (Å²) in [6, 6.07) is 0. The predicted molar refractivity (Wildman–Crippen MR) is 69.6 cm³/mol. The molecule has 2 heterocycles. The number of fused-ring (bicyclic) bond motifs is 1. The smallest absolute Gasteiger partial charge is 0.203 e. The third-order valence-electron chi connectivity index (χ3n) is 2.89. The Hall–Kier alpha value is -1.30. The first-order valence-corrected chi connectivity index (χ1v) is 7.22. The molecular weight excluding hydrogens is 234 g/mol. The molecule has 0 atom stereocenters. The van der Waals surface area contributed by atoms with Crippen LogP contribution in [0.3, 0.4) is 0 Å². The largest absolute Gasteiger partial charge is 0.366 e. The van der Waals surface area contributed by atoms with Crippen molar-refractivity contribution >= 4 is 23.2 Å². The molecule has 1 fully saturated rings. The van der Waals surface area contributed by atoms with Crippen LogP contribution >= 0.6 is 11.8 Å². The van der Waals surface area contributed by atoms with E-state index in [9.17, 15) is 0 Å². The lowest BCUT2D eigenvalue weighted by Gasteiger charge is -2.05. The maximum atomic E-state index is 4.33. The molecule has 1 aliphatic rings. The van der Waals surface area contributed by atoms with Crippen LogP contribution in [0.25, 0.3) is 5.65 Å². The Morgan fingerprint density at radius 1 is 1.47 bits per heavy atom. The van der Waals surface area contributed by atoms with Gasteiger partial charge in [0.25, 0.3) is 0 Å². The van der Waals surface area contributed by atoms with Gasteiger partial charge in [-0.1, -0.05) is 0 Å². The van der Waals surface area contributed by atoms with E-state index >= 15 is 0 Å². The molecular formula is C11H15N5S. The lowest BCUT2D eigenvalue weighted by Crippen LogP contribution is -2.07. The second-order valence-electron chi connectivity index (χ2n) is 4.22. The summed E-state index contributed by atoms with van der Waals surface area (Å²) in [6.45, 7) is 0.902. The predicted octanol–water partition coefficient (Wildman–Crippen LogP) is 1.78. The zero-order valence-corrected chi connectivity index (χ0v) is 10.6. The highest BCUT2D eigenvalue weighted by Gasteiger charge is 2.29. The van der Waals surface area contributed by atoms with Crippen molar-refractivity contribution in [1.29, 1.82) is 0 Å². The van der Waals surface area contributed by atoms with Gasteiger partial charge in [-0.15, -0.1) is 10.2 Å². The molecule has 3 rings (SSSR count). The van der Waals surface area contributed by atoms with Crippen LogP contribution in [0.2, 0.25) is 0 Å². The number of hydrogen-bond acceptors (Lipinski definition) is 5. The fourth-order valence-corrected chi connectivity index (χ4v) is 2.17. The summed E-state index contributed by atoms with van der Waals surface area (Å²) >= 11 is 1.81. The van der Waals surface area contributed by atoms with Crippen molar-refractivity contribution in [2.75, 3.05) is 23.9 Å². The zero-order valence-electron chi connectivity index (χ0n) is 9.76. The Balaban J connectivity index is 1.90. The highest BCUT2D eigenvalue weighted by Crippen LogP contribution is 2.39. The van der Waals surface area contributed by atoms with Crippen molar-refractivity contribution < 1.29 is 0 Å². The fraction of sp³-hybridized carbons (Fsp3) is 0.545. The SMILES string of the molecule is CSCCNc1nccn2c(C3CC3)nnc12. The third-order valence-corrected chi connectivity index (χ3v) is 3.51. The van der Waals surface area contributed by atoms with Crippen LogP contribution in [-0.4, -0.2) is 38.1 Å². The minimum Gasteiger partial charge on any atom is -0.366 e. The van der Waals surface area contributed by atoms with Gasteiger partial charge in [0.05, 0.1) is 0 Å². The van der Waals surface area contributed by atoms with E-state index in [0.29, 0.717) is 5.92 Å². The average molecular weight is 249 g/mol. The first kappa shape index (κ1) is 10.8. The van der Waals surface area contributed by atoms with Crippen LogP contribution in [0.1, 0.15) is 24.6 Å². The first-order chi connectivity index (χ1) is 8.40. The average Bonchev–Trinajstić information content (AvgIpc) is 3.10. The van der Waals surface area contributed by atoms with Gasteiger partial charge in [0.1, 0.15) is 5.82 Å². The van der Waals surface area contributed by atoms with Gasteiger partial charge in [-0.2, -0.15) is 11.8 Å². The molecule has 0 spiro atoms. The minimum atomic E-state index is 0.603. The third kappa shape index (κ3) is 2.09. The molecule has 2 aromatic rings. The van der Waals surface area contributed by atoms with Gasteiger partial charge >= 0.3 is 0 Å². The molecule has 0 aromatic carbocycles. The second kappa shape index (κ2) is 4.52. The summed E-state index contributed by atoms with van der Waals surface area (Å²) in [4.78, 5) is 4.33. The van der Waals surface area contributed by atoms with Crippen molar-refractivity contribution in [3.05, 3.63) is 18.2 Å². The number of hydrogen-bond donors (Lipinski definition) is 1. The van der Waals surface area contributed by atoms with E-state index in [0.717, 1.165) is 29.6 Å². The number of nitrogens with one attached hydrogen (secondary N) is 1. The lowest BCUT2D eigenvalue weighted by atomic mass is 10.4. The summed E-state index contributed by atoms with van der Waals surface area (Å²) < 4.78 is 2.06. The molecule has 1 saturated carbocycles. The van der Waals surface area contributed by atoms with Crippen LogP contribution in [0.5, 0.6) is 0 Å². The highest BCUT2D eigenvalue weighted by atomic mass is 32.2. The Morgan fingerprint density at radius 2 is 2.35 bits per heavy atom. The van der Waals surface area contributed by atoms with Gasteiger partial charge in [-0.05, 0) is 19.1 Å². The molecule has 90 valence electrons. The van der Waals surface area contributed by atoms with E-state index in [2.05, 4.69) is 31.2 Å². The molecule has 1 aliphatic carbocycles. The van der Waals surface area contributed by atoms with E-state index in [1.54, 1.807) is 0 Å². The lowest BCUT2D eigenvalue weighted by molar-refractivity contribution is 0.894. The Morgan fingerprint density at radius 3 is 3.12 bits per heavy atom. The molecule has 2 aromatic heterocycles. The summed E-state index contributed by atoms with van der Waals surface area (Å²) in [5.41, 5.74) is 0.843. The molecule has 0 unspecified atom stereocenters. The van der Waals surface area contributed by atoms with Gasteiger partial charge in [-0.3, -0.25) is 4.40 Å². The van der Waals surface area contributed by atoms with Crippen molar-refractivity contribution in [3.8, 4) is 0 Å². The topological polar surface area (TPSA) is 55.1 Å². The highest BCUT2D eigenvalue weighted by molar-refractivity contribution is 7.98. The van der Waals surface area contributed by atoms with E-state index < -0.39 is 0 Å². The van der Waals surface area contributed by atoms with Crippen molar-refractivity contribution in [2.24, 2.45) is 0 Å². The molecule has 6 heteroatoms. The molecule has 0 radical (unpaired) electrons. The Bertz CT molecular complexity index is 520. The second-order valence-corrected chi connectivity index (χ2v) is 5.21. The molecule has 0 bridgehead atoms. The van der Waals surface area contributed by atoms with E-state index in [-0.39, 0.29) is 0 Å². The summed E-state index contributed by atoms with van der Waals surface area (Å²) in [6.07, 6.45) is 8.32. The Labute approximate surface area is 104 Å². The van der Waals surface area contributed by atoms with Gasteiger partial charge in [0.15, 0.2) is 5.82 Å². The van der Waals surface area contributed by atoms with Crippen molar-refractivity contribution in [1.82, 2.24) is 19.6 Å². The number of thioether (sulfide) groups is 1. The normalized spacial score (nSPS) is 15.4. The first-order valence-electron chi connectivity index (χ1n) is 5.82. The van der Waals surface area contributed by atoms with Crippen molar-refractivity contribution in [3.63, 3.8) is 0 Å². The fourth-order valence-electron chi connectivity index (χ4n) is 1.86. The molecule has 1 N–H and O–H groups in total. The van der Waals surface area contributed by atoms with Gasteiger partial charge in [0, 0.05) is 30.6 Å². The van der Waals surface area contributed by atoms with Crippen LogP contribution < -0.4 is 5.32 Å². The van der Waals surface area contributed by atoms with Gasteiger partial charge < -0.3 is 5.32 Å². The summed E-state index contributed by atoms with van der Waals surface area (Å²) in [5.74, 6) is 3.58. The van der Waals surface area contributed by atoms with Crippen LogP contribution in [-0.2, 0) is 0 Å². The number of nitrogens with zero attached hydrogens (tertiary/aromatic N) is 4. The van der Waals surface area contributed by atoms with E-state index in [1.165, 1.54) is 12.8 Å². The number of rotatable bonds is 5. The maximum Gasteiger partial charge on any atom is 0.203 e. The summed E-state index contributed by atoms with van der Waals surface area (Å²) in [5, 5.41) is 11.8. The Kier molecular flexibility index (Phi) is 2.88. The van der Waals surface area contributed by atoms with E-state index in [4.69, 9.17) is 0 Å². The minimum absolute atomic E-state index is 0.603. The molecule has 17 heavy (non-hydrogen) atoms. The molecule has 0 amide bonds. The van der Waals surface area contributed by atoms with Crippen LogP contribution in [0, 0.1) is 0 Å². The monoisotopic (exact) mass is 249 g/mol. The van der Waals surface area contributed by atoms with Crippen LogP contribution in [0.15, 0.2) is 12.4 Å². The van der Waals surface area contributed by atoms with Crippen molar-refractivity contribution in [2.45, 2.75) is 18.8 Å². The maximum absolute atomic E-state index is 4.33. The van der Waals surface area contributed by atoms with Gasteiger partial charge in [0.2, 0.25) is 5.65 Å². The number of aromatic nitrogens is 4.